The van der Waals surface area contributed by atoms with Crippen molar-refractivity contribution in [3.63, 3.8) is 0 Å². The van der Waals surface area contributed by atoms with Crippen molar-refractivity contribution in [3.05, 3.63) is 77.9 Å². The fourth-order valence-corrected chi connectivity index (χ4v) is 3.08. The zero-order valence-corrected chi connectivity index (χ0v) is 14.5. The maximum absolute atomic E-state index is 10.7. The molecule has 0 aromatic heterocycles. The number of ether oxygens (including phenoxy) is 1. The quantitative estimate of drug-likeness (QED) is 0.672. The zero-order valence-electron chi connectivity index (χ0n) is 14.5. The lowest BCUT2D eigenvalue weighted by Gasteiger charge is -2.27. The molecule has 1 unspecified atom stereocenters. The van der Waals surface area contributed by atoms with Crippen LogP contribution < -0.4 is 4.74 Å². The summed E-state index contributed by atoms with van der Waals surface area (Å²) in [6.07, 6.45) is 0.860. The van der Waals surface area contributed by atoms with Gasteiger partial charge in [0.1, 0.15) is 12.4 Å². The molecule has 25 heavy (non-hydrogen) atoms. The first-order valence-electron chi connectivity index (χ1n) is 8.69. The monoisotopic (exact) mass is 336 g/mol. The van der Waals surface area contributed by atoms with Gasteiger partial charge in [-0.25, -0.2) is 0 Å². The smallest absolute Gasteiger partial charge is 0.120 e. The molecule has 1 atom stereocenters. The van der Waals surface area contributed by atoms with Crippen LogP contribution in [-0.2, 0) is 12.2 Å². The fraction of sp³-hybridized carbons (Fsp3) is 0.273. The van der Waals surface area contributed by atoms with Crippen LogP contribution in [0.15, 0.2) is 66.7 Å². The molecule has 3 aromatic rings. The van der Waals surface area contributed by atoms with Gasteiger partial charge in [-0.05, 0) is 46.5 Å². The van der Waals surface area contributed by atoms with Crippen LogP contribution in [0.1, 0.15) is 30.9 Å². The third kappa shape index (κ3) is 4.01. The van der Waals surface area contributed by atoms with Gasteiger partial charge in [-0.1, -0.05) is 55.5 Å². The Kier molecular flexibility index (Phi) is 5.37. The summed E-state index contributed by atoms with van der Waals surface area (Å²) in [5, 5.41) is 22.3. The summed E-state index contributed by atoms with van der Waals surface area (Å²) in [4.78, 5) is 0. The molecule has 2 N–H and O–H groups in total. The Morgan fingerprint density at radius 2 is 1.72 bits per heavy atom. The van der Waals surface area contributed by atoms with Crippen LogP contribution in [0.3, 0.4) is 0 Å². The highest BCUT2D eigenvalue weighted by molar-refractivity contribution is 5.82. The van der Waals surface area contributed by atoms with E-state index in [9.17, 15) is 10.2 Å². The molecule has 0 amide bonds. The molecule has 0 bridgehead atoms. The van der Waals surface area contributed by atoms with E-state index in [2.05, 4.69) is 30.3 Å². The van der Waals surface area contributed by atoms with E-state index in [0.717, 1.165) is 16.9 Å². The van der Waals surface area contributed by atoms with Crippen molar-refractivity contribution in [3.8, 4) is 5.75 Å². The van der Waals surface area contributed by atoms with Crippen LogP contribution in [-0.4, -0.2) is 16.8 Å². The van der Waals surface area contributed by atoms with Crippen molar-refractivity contribution >= 4 is 10.8 Å². The van der Waals surface area contributed by atoms with Crippen molar-refractivity contribution in [1.82, 2.24) is 0 Å². The molecule has 0 heterocycles. The summed E-state index contributed by atoms with van der Waals surface area (Å²) in [7, 11) is 0. The largest absolute Gasteiger partial charge is 0.489 e. The van der Waals surface area contributed by atoms with Gasteiger partial charge in [-0.15, -0.1) is 0 Å². The first kappa shape index (κ1) is 17.5. The lowest BCUT2D eigenvalue weighted by atomic mass is 9.88. The minimum atomic E-state index is -1.02. The van der Waals surface area contributed by atoms with Crippen molar-refractivity contribution < 1.29 is 14.9 Å². The Morgan fingerprint density at radius 1 is 0.920 bits per heavy atom. The Balaban J connectivity index is 1.75. The molecule has 0 aliphatic heterocycles. The van der Waals surface area contributed by atoms with E-state index in [1.54, 1.807) is 0 Å². The SMILES string of the molecule is CCC(O)(CCO)c1cccc(OCc2ccc3ccccc3c2)c1. The normalized spacial score (nSPS) is 13.6. The van der Waals surface area contributed by atoms with Gasteiger partial charge < -0.3 is 14.9 Å². The molecule has 0 radical (unpaired) electrons. The van der Waals surface area contributed by atoms with Crippen LogP contribution in [0.5, 0.6) is 5.75 Å². The second kappa shape index (κ2) is 7.68. The first-order chi connectivity index (χ1) is 12.1. The van der Waals surface area contributed by atoms with Crippen molar-refractivity contribution in [2.75, 3.05) is 6.61 Å². The summed E-state index contributed by atoms with van der Waals surface area (Å²) in [6, 6.07) is 22.1. The number of hydrogen-bond acceptors (Lipinski definition) is 3. The zero-order chi connectivity index (χ0) is 17.7. The topological polar surface area (TPSA) is 49.7 Å². The summed E-state index contributed by atoms with van der Waals surface area (Å²) < 4.78 is 5.93. The Labute approximate surface area is 148 Å². The first-order valence-corrected chi connectivity index (χ1v) is 8.69. The van der Waals surface area contributed by atoms with E-state index in [1.165, 1.54) is 10.8 Å². The molecule has 0 fully saturated rings. The molecular weight excluding hydrogens is 312 g/mol. The number of aliphatic hydroxyl groups is 2. The van der Waals surface area contributed by atoms with Crippen molar-refractivity contribution in [2.24, 2.45) is 0 Å². The standard InChI is InChI=1S/C22H24O3/c1-2-22(24,12-13-23)20-8-5-9-21(15-20)25-16-17-10-11-18-6-3-4-7-19(18)14-17/h3-11,14-15,23-24H,2,12-13,16H2,1H3. The van der Waals surface area contributed by atoms with Gasteiger partial charge in [-0.3, -0.25) is 0 Å². The van der Waals surface area contributed by atoms with Crippen LogP contribution in [0, 0.1) is 0 Å². The number of hydrogen-bond donors (Lipinski definition) is 2. The fourth-order valence-electron chi connectivity index (χ4n) is 3.08. The predicted octanol–water partition coefficient (Wildman–Crippen LogP) is 4.40. The average molecular weight is 336 g/mol. The van der Waals surface area contributed by atoms with Gasteiger partial charge in [0.2, 0.25) is 0 Å². The highest BCUT2D eigenvalue weighted by atomic mass is 16.5. The lowest BCUT2D eigenvalue weighted by molar-refractivity contribution is 0.00756. The molecule has 0 aliphatic rings. The second-order valence-corrected chi connectivity index (χ2v) is 6.36. The molecule has 3 nitrogen and oxygen atoms in total. The van der Waals surface area contributed by atoms with Gasteiger partial charge in [0.15, 0.2) is 0 Å². The van der Waals surface area contributed by atoms with Crippen LogP contribution in [0.25, 0.3) is 10.8 Å². The van der Waals surface area contributed by atoms with Gasteiger partial charge >= 0.3 is 0 Å². The Morgan fingerprint density at radius 3 is 2.48 bits per heavy atom. The summed E-state index contributed by atoms with van der Waals surface area (Å²) in [5.74, 6) is 0.718. The van der Waals surface area contributed by atoms with E-state index >= 15 is 0 Å². The molecule has 0 spiro atoms. The number of benzene rings is 3. The molecular formula is C22H24O3. The van der Waals surface area contributed by atoms with Crippen molar-refractivity contribution in [2.45, 2.75) is 32.0 Å². The third-order valence-electron chi connectivity index (χ3n) is 4.70. The van der Waals surface area contributed by atoms with Gasteiger partial charge in [0.05, 0.1) is 5.60 Å². The number of fused-ring (bicyclic) bond motifs is 1. The lowest BCUT2D eigenvalue weighted by Crippen LogP contribution is -2.26. The van der Waals surface area contributed by atoms with E-state index < -0.39 is 5.60 Å². The molecule has 3 rings (SSSR count). The number of aliphatic hydroxyl groups excluding tert-OH is 1. The van der Waals surface area contributed by atoms with Gasteiger partial charge in [-0.2, -0.15) is 0 Å². The summed E-state index contributed by atoms with van der Waals surface area (Å²) in [5.41, 5.74) is 0.863. The third-order valence-corrected chi connectivity index (χ3v) is 4.70. The molecule has 0 aliphatic carbocycles. The van der Waals surface area contributed by atoms with E-state index in [1.807, 2.05) is 43.3 Å². The van der Waals surface area contributed by atoms with E-state index in [4.69, 9.17) is 4.74 Å². The van der Waals surface area contributed by atoms with Crippen molar-refractivity contribution in [1.29, 1.82) is 0 Å². The van der Waals surface area contributed by atoms with Crippen LogP contribution >= 0.6 is 0 Å². The van der Waals surface area contributed by atoms with Crippen LogP contribution in [0.2, 0.25) is 0 Å². The molecule has 130 valence electrons. The second-order valence-electron chi connectivity index (χ2n) is 6.36. The van der Waals surface area contributed by atoms with Gasteiger partial charge in [0, 0.05) is 13.0 Å². The minimum absolute atomic E-state index is 0.0491. The van der Waals surface area contributed by atoms with Crippen LogP contribution in [0.4, 0.5) is 0 Å². The highest BCUT2D eigenvalue weighted by Crippen LogP contribution is 2.31. The van der Waals surface area contributed by atoms with E-state index in [0.29, 0.717) is 19.4 Å². The molecule has 3 heteroatoms. The maximum atomic E-state index is 10.7. The minimum Gasteiger partial charge on any atom is -0.489 e. The summed E-state index contributed by atoms with van der Waals surface area (Å²) >= 11 is 0. The Bertz CT molecular complexity index is 843. The predicted molar refractivity (Wildman–Crippen MR) is 101 cm³/mol. The van der Waals surface area contributed by atoms with E-state index in [-0.39, 0.29) is 6.61 Å². The van der Waals surface area contributed by atoms with Gasteiger partial charge in [0.25, 0.3) is 0 Å². The molecule has 3 aromatic carbocycles. The molecule has 0 saturated heterocycles. The maximum Gasteiger partial charge on any atom is 0.120 e. The number of rotatable bonds is 7. The Hall–Kier alpha value is -2.36. The summed E-state index contributed by atoms with van der Waals surface area (Å²) in [6.45, 7) is 2.34. The average Bonchev–Trinajstić information content (AvgIpc) is 2.66. The molecule has 0 saturated carbocycles. The highest BCUT2D eigenvalue weighted by Gasteiger charge is 2.26.